The number of ether oxygens (including phenoxy) is 2. The number of methoxy groups -OCH3 is 2. The lowest BCUT2D eigenvalue weighted by molar-refractivity contribution is 0.0953. The molecule has 0 unspecified atom stereocenters. The maximum Gasteiger partial charge on any atom is 0.326 e. The summed E-state index contributed by atoms with van der Waals surface area (Å²) in [5, 5.41) is 6.28. The minimum Gasteiger partial charge on any atom is -0.497 e. The molecule has 3 aromatic carbocycles. The van der Waals surface area contributed by atoms with Gasteiger partial charge in [0.15, 0.2) is 0 Å². The maximum atomic E-state index is 13.0. The molecule has 0 saturated heterocycles. The summed E-state index contributed by atoms with van der Waals surface area (Å²) in [7, 11) is 3.16. The van der Waals surface area contributed by atoms with Gasteiger partial charge >= 0.3 is 6.03 Å². The summed E-state index contributed by atoms with van der Waals surface area (Å²) in [6.07, 6.45) is 0.552. The fourth-order valence-electron chi connectivity index (χ4n) is 3.15. The largest absolute Gasteiger partial charge is 0.497 e. The third-order valence-corrected chi connectivity index (χ3v) is 5.14. The Morgan fingerprint density at radius 2 is 1.55 bits per heavy atom. The Morgan fingerprint density at radius 3 is 2.15 bits per heavy atom. The van der Waals surface area contributed by atoms with Crippen molar-refractivity contribution in [3.63, 3.8) is 0 Å². The number of hydrogen-bond donors (Lipinski definition) is 2. The lowest BCUT2D eigenvalue weighted by Gasteiger charge is -2.24. The molecule has 172 valence electrons. The molecule has 0 radical (unpaired) electrons. The highest BCUT2D eigenvalue weighted by Gasteiger charge is 2.16. The van der Waals surface area contributed by atoms with Gasteiger partial charge in [0.1, 0.15) is 11.5 Å². The number of hydrogen-bond acceptors (Lipinski definition) is 4. The zero-order valence-electron chi connectivity index (χ0n) is 18.5. The minimum absolute atomic E-state index is 0.183. The molecule has 0 fully saturated rings. The Hall–Kier alpha value is -3.71. The average Bonchev–Trinajstić information content (AvgIpc) is 2.84. The number of carbonyl (C=O) groups excluding carboxylic acids is 2. The molecule has 7 nitrogen and oxygen atoms in total. The van der Waals surface area contributed by atoms with Crippen LogP contribution in [0.5, 0.6) is 11.5 Å². The fourth-order valence-corrected chi connectivity index (χ4v) is 3.34. The van der Waals surface area contributed by atoms with Crippen LogP contribution in [0.4, 0.5) is 16.2 Å². The molecular formula is C25H26ClN3O4. The normalized spacial score (nSPS) is 10.3. The van der Waals surface area contributed by atoms with Crippen LogP contribution in [0, 0.1) is 0 Å². The van der Waals surface area contributed by atoms with Crippen molar-refractivity contribution < 1.29 is 19.1 Å². The zero-order chi connectivity index (χ0) is 23.6. The van der Waals surface area contributed by atoms with Gasteiger partial charge in [0, 0.05) is 35.1 Å². The molecule has 0 aromatic heterocycles. The summed E-state index contributed by atoms with van der Waals surface area (Å²) < 4.78 is 10.3. The van der Waals surface area contributed by atoms with E-state index >= 15 is 0 Å². The van der Waals surface area contributed by atoms with Crippen molar-refractivity contribution in [3.8, 4) is 11.5 Å². The number of benzene rings is 3. The number of rotatable bonds is 9. The van der Waals surface area contributed by atoms with Crippen LogP contribution in [-0.4, -0.2) is 39.2 Å². The summed E-state index contributed by atoms with van der Waals surface area (Å²) in [6.45, 7) is 0.795. The van der Waals surface area contributed by atoms with Crippen molar-refractivity contribution in [1.82, 2.24) is 5.32 Å². The molecule has 33 heavy (non-hydrogen) atoms. The van der Waals surface area contributed by atoms with Crippen molar-refractivity contribution in [2.45, 2.75) is 6.42 Å². The molecule has 3 aromatic rings. The third-order valence-electron chi connectivity index (χ3n) is 4.90. The smallest absolute Gasteiger partial charge is 0.326 e. The summed E-state index contributed by atoms with van der Waals surface area (Å²) in [6, 6.07) is 20.7. The molecular weight excluding hydrogens is 442 g/mol. The molecule has 0 aliphatic rings. The quantitative estimate of drug-likeness (QED) is 0.423. The maximum absolute atomic E-state index is 13.0. The average molecular weight is 468 g/mol. The van der Waals surface area contributed by atoms with Gasteiger partial charge < -0.3 is 20.1 Å². The van der Waals surface area contributed by atoms with E-state index in [9.17, 15) is 9.59 Å². The summed E-state index contributed by atoms with van der Waals surface area (Å²) >= 11 is 6.03. The highest BCUT2D eigenvalue weighted by Crippen LogP contribution is 2.22. The van der Waals surface area contributed by atoms with Crippen LogP contribution in [0.1, 0.15) is 16.8 Å². The Bertz CT molecular complexity index is 1070. The van der Waals surface area contributed by atoms with E-state index < -0.39 is 0 Å². The Kier molecular flexibility index (Phi) is 8.55. The molecule has 0 aliphatic carbocycles. The predicted molar refractivity (Wildman–Crippen MR) is 131 cm³/mol. The lowest BCUT2D eigenvalue weighted by Crippen LogP contribution is -2.37. The first-order chi connectivity index (χ1) is 16.0. The van der Waals surface area contributed by atoms with Gasteiger partial charge in [-0.2, -0.15) is 0 Å². The summed E-state index contributed by atoms with van der Waals surface area (Å²) in [5.74, 6) is 1.20. The van der Waals surface area contributed by atoms with Crippen molar-refractivity contribution in [2.24, 2.45) is 0 Å². The molecule has 0 aliphatic heterocycles. The molecule has 0 saturated carbocycles. The van der Waals surface area contributed by atoms with E-state index in [1.165, 1.54) is 0 Å². The summed E-state index contributed by atoms with van der Waals surface area (Å²) in [5.41, 5.74) is 1.84. The molecule has 0 heterocycles. The number of halogens is 1. The monoisotopic (exact) mass is 467 g/mol. The fraction of sp³-hybridized carbons (Fsp3) is 0.200. The highest BCUT2D eigenvalue weighted by atomic mass is 35.5. The van der Waals surface area contributed by atoms with Crippen LogP contribution in [-0.2, 0) is 0 Å². The number of anilines is 2. The molecule has 3 amide bonds. The van der Waals surface area contributed by atoms with E-state index in [-0.39, 0.29) is 11.9 Å². The van der Waals surface area contributed by atoms with Crippen molar-refractivity contribution >= 4 is 34.9 Å². The topological polar surface area (TPSA) is 79.9 Å². The standard InChI is InChI=1S/C25H26ClN3O4/c1-32-22-11-7-18(8-12-22)24(30)27-15-4-16-29(21-9-13-23(33-2)14-10-21)25(31)28-20-6-3-5-19(26)17-20/h3,5-14,17H,4,15-16H2,1-2H3,(H,27,30)(H,28,31). The Morgan fingerprint density at radius 1 is 0.909 bits per heavy atom. The van der Waals surface area contributed by atoms with Crippen LogP contribution in [0.2, 0.25) is 5.02 Å². The Balaban J connectivity index is 1.63. The Labute approximate surface area is 198 Å². The first-order valence-corrected chi connectivity index (χ1v) is 10.8. The first kappa shape index (κ1) is 23.9. The van der Waals surface area contributed by atoms with Gasteiger partial charge in [0.2, 0.25) is 0 Å². The van der Waals surface area contributed by atoms with Crippen molar-refractivity contribution in [3.05, 3.63) is 83.4 Å². The summed E-state index contributed by atoms with van der Waals surface area (Å²) in [4.78, 5) is 27.0. The van der Waals surface area contributed by atoms with Gasteiger partial charge in [-0.25, -0.2) is 4.79 Å². The van der Waals surface area contributed by atoms with Crippen LogP contribution in [0.15, 0.2) is 72.8 Å². The second-order valence-electron chi connectivity index (χ2n) is 7.13. The van der Waals surface area contributed by atoms with E-state index in [2.05, 4.69) is 10.6 Å². The van der Waals surface area contributed by atoms with Gasteiger partial charge in [-0.1, -0.05) is 17.7 Å². The molecule has 0 atom stereocenters. The minimum atomic E-state index is -0.302. The molecule has 3 rings (SSSR count). The molecule has 8 heteroatoms. The second-order valence-corrected chi connectivity index (χ2v) is 7.56. The number of nitrogens with zero attached hydrogens (tertiary/aromatic N) is 1. The van der Waals surface area contributed by atoms with Gasteiger partial charge in [-0.3, -0.25) is 9.69 Å². The lowest BCUT2D eigenvalue weighted by atomic mass is 10.2. The SMILES string of the molecule is COc1ccc(C(=O)NCCCN(C(=O)Nc2cccc(Cl)c2)c2ccc(OC)cc2)cc1. The number of urea groups is 1. The number of carbonyl (C=O) groups is 2. The van der Waals surface area contributed by atoms with E-state index in [4.69, 9.17) is 21.1 Å². The molecule has 2 N–H and O–H groups in total. The highest BCUT2D eigenvalue weighted by molar-refractivity contribution is 6.30. The van der Waals surface area contributed by atoms with Gasteiger partial charge in [0.05, 0.1) is 14.2 Å². The van der Waals surface area contributed by atoms with Gasteiger partial charge in [-0.05, 0) is 73.2 Å². The van der Waals surface area contributed by atoms with Crippen LogP contribution < -0.4 is 25.0 Å². The van der Waals surface area contributed by atoms with Gasteiger partial charge in [0.25, 0.3) is 5.91 Å². The second kappa shape index (κ2) is 11.8. The number of amides is 3. The van der Waals surface area contributed by atoms with Crippen molar-refractivity contribution in [1.29, 1.82) is 0 Å². The third kappa shape index (κ3) is 6.89. The van der Waals surface area contributed by atoms with E-state index in [0.29, 0.717) is 53.0 Å². The van der Waals surface area contributed by atoms with Crippen LogP contribution in [0.25, 0.3) is 0 Å². The first-order valence-electron chi connectivity index (χ1n) is 10.4. The van der Waals surface area contributed by atoms with Crippen LogP contribution >= 0.6 is 11.6 Å². The van der Waals surface area contributed by atoms with Crippen LogP contribution in [0.3, 0.4) is 0 Å². The molecule has 0 bridgehead atoms. The van der Waals surface area contributed by atoms with E-state index in [1.807, 2.05) is 12.1 Å². The van der Waals surface area contributed by atoms with E-state index in [0.717, 1.165) is 0 Å². The van der Waals surface area contributed by atoms with Crippen molar-refractivity contribution in [2.75, 3.05) is 37.5 Å². The molecule has 0 spiro atoms. The predicted octanol–water partition coefficient (Wildman–Crippen LogP) is 5.22. The van der Waals surface area contributed by atoms with Gasteiger partial charge in [-0.15, -0.1) is 0 Å². The number of nitrogens with one attached hydrogen (secondary N) is 2. The van der Waals surface area contributed by atoms with E-state index in [1.54, 1.807) is 79.8 Å². The zero-order valence-corrected chi connectivity index (χ0v) is 19.3.